The van der Waals surface area contributed by atoms with Crippen molar-refractivity contribution < 1.29 is 0 Å². The SMILES string of the molecule is c1ccc(-c2ccc3c(c2)[Si](c2ccccc2)(c2ccccc2)c2cc(-n4cc(-c5cccc6ccccc56)c5cc(-c6cccc7ccccc67)ccc54)ccc2-3)cc1.c1ccc(-c2ccc3c(c2)[Si](c2ccccc2)(c2ccccc2)c2cc(-n4cc(-c5ccccc5)c5cc(-c6ccccc6)ccc54)ccc2-3)cc1. The molecule has 524 valence electrons. The molecule has 20 aromatic rings. The Bertz CT molecular complexity index is 6870. The molecular formula is C108H74N2Si2. The third kappa shape index (κ3) is 10.9. The molecule has 0 N–H and O–H groups in total. The van der Waals surface area contributed by atoms with Gasteiger partial charge < -0.3 is 9.13 Å². The van der Waals surface area contributed by atoms with Crippen molar-refractivity contribution in [3.8, 4) is 100 Å². The second kappa shape index (κ2) is 27.6. The van der Waals surface area contributed by atoms with E-state index in [1.165, 1.54) is 185 Å². The molecule has 4 heteroatoms. The highest BCUT2D eigenvalue weighted by Gasteiger charge is 2.51. The Labute approximate surface area is 655 Å². The van der Waals surface area contributed by atoms with Gasteiger partial charge in [0.1, 0.15) is 0 Å². The summed E-state index contributed by atoms with van der Waals surface area (Å²) in [5, 5.41) is 18.9. The van der Waals surface area contributed by atoms with Gasteiger partial charge in [-0.25, -0.2) is 0 Å². The van der Waals surface area contributed by atoms with Crippen LogP contribution in [0.15, 0.2) is 449 Å². The van der Waals surface area contributed by atoms with Crippen LogP contribution in [0.5, 0.6) is 0 Å². The third-order valence-corrected chi connectivity index (χ3v) is 33.5. The van der Waals surface area contributed by atoms with Crippen molar-refractivity contribution in [1.29, 1.82) is 0 Å². The lowest BCUT2D eigenvalue weighted by Gasteiger charge is -2.32. The zero-order valence-corrected chi connectivity index (χ0v) is 63.6. The molecule has 0 saturated heterocycles. The van der Waals surface area contributed by atoms with Crippen LogP contribution in [-0.4, -0.2) is 25.3 Å². The lowest BCUT2D eigenvalue weighted by atomic mass is 9.94. The number of nitrogens with zero attached hydrogens (tertiary/aromatic N) is 2. The quantitative estimate of drug-likeness (QED) is 0.108. The van der Waals surface area contributed by atoms with Gasteiger partial charge >= 0.3 is 0 Å². The van der Waals surface area contributed by atoms with Crippen molar-refractivity contribution >= 4 is 101 Å². The maximum absolute atomic E-state index is 2.81. The van der Waals surface area contributed by atoms with Crippen LogP contribution in [0, 0.1) is 0 Å². The Morgan fingerprint density at radius 3 is 0.902 bits per heavy atom. The van der Waals surface area contributed by atoms with Gasteiger partial charge in [-0.3, -0.25) is 0 Å². The largest absolute Gasteiger partial charge is 0.316 e. The van der Waals surface area contributed by atoms with E-state index in [1.54, 1.807) is 0 Å². The predicted octanol–water partition coefficient (Wildman–Crippen LogP) is 22.3. The number of rotatable bonds is 12. The summed E-state index contributed by atoms with van der Waals surface area (Å²) in [6.45, 7) is 0. The van der Waals surface area contributed by atoms with Crippen LogP contribution in [0.3, 0.4) is 0 Å². The molecule has 0 fully saturated rings. The fourth-order valence-electron chi connectivity index (χ4n) is 18.7. The van der Waals surface area contributed by atoms with Crippen molar-refractivity contribution in [2.45, 2.75) is 0 Å². The number of hydrogen-bond acceptors (Lipinski definition) is 0. The van der Waals surface area contributed by atoms with Crippen molar-refractivity contribution in [2.75, 3.05) is 0 Å². The van der Waals surface area contributed by atoms with Gasteiger partial charge in [0.05, 0.1) is 11.0 Å². The molecule has 2 aliphatic heterocycles. The normalized spacial score (nSPS) is 12.8. The second-order valence-corrected chi connectivity index (χ2v) is 37.2. The summed E-state index contributed by atoms with van der Waals surface area (Å²) in [7, 11) is -5.55. The highest BCUT2D eigenvalue weighted by molar-refractivity contribution is 7.23. The number of fused-ring (bicyclic) bond motifs is 10. The molecule has 0 radical (unpaired) electrons. The van der Waals surface area contributed by atoms with Crippen LogP contribution < -0.4 is 41.5 Å². The van der Waals surface area contributed by atoms with Crippen molar-refractivity contribution in [1.82, 2.24) is 9.13 Å². The van der Waals surface area contributed by atoms with Gasteiger partial charge in [0.25, 0.3) is 0 Å². The minimum absolute atomic E-state index is 1.17. The minimum Gasteiger partial charge on any atom is -0.316 e. The molecule has 0 bridgehead atoms. The van der Waals surface area contributed by atoms with Gasteiger partial charge in [0, 0.05) is 45.7 Å². The first-order valence-corrected chi connectivity index (χ1v) is 42.8. The van der Waals surface area contributed by atoms with E-state index in [0.717, 1.165) is 0 Å². The number of aromatic nitrogens is 2. The van der Waals surface area contributed by atoms with E-state index < -0.39 is 16.1 Å². The van der Waals surface area contributed by atoms with Crippen LogP contribution in [-0.2, 0) is 0 Å². The topological polar surface area (TPSA) is 9.86 Å². The molecule has 0 aliphatic carbocycles. The van der Waals surface area contributed by atoms with E-state index >= 15 is 0 Å². The molecule has 0 saturated carbocycles. The first kappa shape index (κ1) is 66.2. The lowest BCUT2D eigenvalue weighted by molar-refractivity contribution is 1.13. The van der Waals surface area contributed by atoms with Crippen LogP contribution in [0.4, 0.5) is 0 Å². The molecule has 2 aliphatic rings. The molecule has 0 amide bonds. The summed E-state index contributed by atoms with van der Waals surface area (Å²) in [6.07, 6.45) is 4.74. The first-order chi connectivity index (χ1) is 55.5. The fraction of sp³-hybridized carbons (Fsp3) is 0. The minimum atomic E-state index is -2.81. The highest BCUT2D eigenvalue weighted by Crippen LogP contribution is 2.43. The third-order valence-electron chi connectivity index (χ3n) is 23.8. The van der Waals surface area contributed by atoms with Crippen molar-refractivity contribution in [3.05, 3.63) is 449 Å². The molecule has 4 heterocycles. The second-order valence-electron chi connectivity index (χ2n) is 29.8. The maximum atomic E-state index is 2.54. The van der Waals surface area contributed by atoms with Gasteiger partial charge in [-0.15, -0.1) is 0 Å². The number of hydrogen-bond donors (Lipinski definition) is 0. The Balaban J connectivity index is 0.000000143. The zero-order chi connectivity index (χ0) is 74.1. The van der Waals surface area contributed by atoms with Crippen LogP contribution in [0.1, 0.15) is 0 Å². The zero-order valence-electron chi connectivity index (χ0n) is 61.6. The average Bonchev–Trinajstić information content (AvgIpc) is 1.53. The average molecular weight is 1460 g/mol. The molecular weight excluding hydrogens is 1380 g/mol. The first-order valence-electron chi connectivity index (χ1n) is 38.8. The summed E-state index contributed by atoms with van der Waals surface area (Å²) in [5.74, 6) is 0. The summed E-state index contributed by atoms with van der Waals surface area (Å²) >= 11 is 0. The van der Waals surface area contributed by atoms with E-state index in [0.29, 0.717) is 0 Å². The molecule has 112 heavy (non-hydrogen) atoms. The van der Waals surface area contributed by atoms with E-state index in [4.69, 9.17) is 0 Å². The summed E-state index contributed by atoms with van der Waals surface area (Å²) in [6, 6.07) is 162. The Morgan fingerprint density at radius 2 is 0.464 bits per heavy atom. The molecule has 22 rings (SSSR count). The van der Waals surface area contributed by atoms with Gasteiger partial charge in [-0.1, -0.05) is 388 Å². The van der Waals surface area contributed by atoms with Gasteiger partial charge in [0.2, 0.25) is 0 Å². The Kier molecular flexibility index (Phi) is 16.3. The van der Waals surface area contributed by atoms with E-state index in [1.807, 2.05) is 0 Å². The molecule has 0 spiro atoms. The van der Waals surface area contributed by atoms with Gasteiger partial charge in [-0.05, 0) is 189 Å². The molecule has 2 nitrogen and oxygen atoms in total. The maximum Gasteiger partial charge on any atom is 0.180 e. The molecule has 0 unspecified atom stereocenters. The highest BCUT2D eigenvalue weighted by atomic mass is 28.3. The summed E-state index contributed by atoms with van der Waals surface area (Å²) in [5.41, 5.74) is 24.9. The smallest absolute Gasteiger partial charge is 0.180 e. The van der Waals surface area contributed by atoms with E-state index in [-0.39, 0.29) is 0 Å². The Morgan fingerprint density at radius 1 is 0.161 bits per heavy atom. The molecule has 2 aromatic heterocycles. The summed E-state index contributed by atoms with van der Waals surface area (Å²) < 4.78 is 4.87. The van der Waals surface area contributed by atoms with Gasteiger partial charge in [-0.2, -0.15) is 0 Å². The van der Waals surface area contributed by atoms with Crippen LogP contribution in [0.25, 0.3) is 144 Å². The van der Waals surface area contributed by atoms with Crippen LogP contribution in [0.2, 0.25) is 0 Å². The summed E-state index contributed by atoms with van der Waals surface area (Å²) in [4.78, 5) is 0. The van der Waals surface area contributed by atoms with Crippen molar-refractivity contribution in [3.63, 3.8) is 0 Å². The fourth-order valence-corrected chi connectivity index (χ4v) is 29.2. The lowest BCUT2D eigenvalue weighted by Crippen LogP contribution is -2.72. The predicted molar refractivity (Wildman–Crippen MR) is 479 cm³/mol. The van der Waals surface area contributed by atoms with E-state index in [2.05, 4.69) is 458 Å². The molecule has 18 aromatic carbocycles. The Hall–Kier alpha value is -14.0. The number of benzene rings is 18. The van der Waals surface area contributed by atoms with Crippen LogP contribution >= 0.6 is 0 Å². The van der Waals surface area contributed by atoms with Crippen molar-refractivity contribution in [2.24, 2.45) is 0 Å². The standard InChI is InChI=1S/C58H39NSi.C50H35NSi/c1-4-16-40(17-5-1)43-30-33-52-53-34-32-45(38-58(53)60(57(52)37-43,46-22-6-2-7-23-46)47-24-8-3-9-25-47)59-39-55(51-29-15-21-42-19-11-13-27-49(42)51)54-36-44(31-35-56(54)59)50-28-14-20-41-18-10-12-26-48(41)50;1-6-16-36(17-7-1)39-27-31-48-46(32-39)47(38-20-10-3-11-21-38)35-51(48)41-28-30-45-44-29-26-40(37-18-8-2-9-19-37)33-49(44)52(50(45)34-41,42-22-12-4-13-23-42)43-24-14-5-15-25-43/h1-39H;1-35H. The molecule has 0 atom stereocenters. The van der Waals surface area contributed by atoms with Gasteiger partial charge in [0.15, 0.2) is 16.1 Å². The monoisotopic (exact) mass is 1450 g/mol. The van der Waals surface area contributed by atoms with E-state index in [9.17, 15) is 0 Å².